The van der Waals surface area contributed by atoms with Gasteiger partial charge < -0.3 is 10.6 Å². The van der Waals surface area contributed by atoms with Gasteiger partial charge in [-0.25, -0.2) is 0 Å². The Morgan fingerprint density at radius 2 is 2.29 bits per heavy atom. The highest BCUT2D eigenvalue weighted by molar-refractivity contribution is 7.99. The molecular formula is C16H25ClN2OS. The number of amides is 1. The molecule has 0 aromatic heterocycles. The van der Waals surface area contributed by atoms with Gasteiger partial charge in [-0.2, -0.15) is 0 Å². The van der Waals surface area contributed by atoms with Gasteiger partial charge in [0.15, 0.2) is 0 Å². The van der Waals surface area contributed by atoms with E-state index in [1.54, 1.807) is 11.8 Å². The molecule has 1 aromatic carbocycles. The fourth-order valence-corrected chi connectivity index (χ4v) is 3.33. The van der Waals surface area contributed by atoms with Crippen molar-refractivity contribution in [1.82, 2.24) is 10.6 Å². The molecule has 3 nitrogen and oxygen atoms in total. The summed E-state index contributed by atoms with van der Waals surface area (Å²) in [6.45, 7) is 6.30. The minimum Gasteiger partial charge on any atom is -0.352 e. The zero-order chi connectivity index (χ0) is 14.4. The molecule has 1 aliphatic rings. The van der Waals surface area contributed by atoms with Crippen molar-refractivity contribution in [2.75, 3.05) is 18.8 Å². The van der Waals surface area contributed by atoms with Crippen LogP contribution in [-0.4, -0.2) is 30.8 Å². The zero-order valence-corrected chi connectivity index (χ0v) is 14.4. The Bertz CT molecular complexity index is 456. The van der Waals surface area contributed by atoms with Crippen LogP contribution in [0.15, 0.2) is 24.3 Å². The molecule has 2 atom stereocenters. The van der Waals surface area contributed by atoms with Crippen LogP contribution < -0.4 is 10.6 Å². The maximum atomic E-state index is 12.0. The first-order valence-corrected chi connectivity index (χ1v) is 8.44. The van der Waals surface area contributed by atoms with Gasteiger partial charge in [-0.05, 0) is 37.9 Å². The Morgan fingerprint density at radius 1 is 1.48 bits per heavy atom. The number of hydrogen-bond acceptors (Lipinski definition) is 3. The molecule has 2 N–H and O–H groups in total. The monoisotopic (exact) mass is 328 g/mol. The van der Waals surface area contributed by atoms with E-state index in [9.17, 15) is 4.79 Å². The van der Waals surface area contributed by atoms with Crippen LogP contribution in [0.25, 0.3) is 0 Å². The summed E-state index contributed by atoms with van der Waals surface area (Å²) < 4.78 is 0. The van der Waals surface area contributed by atoms with Crippen molar-refractivity contribution in [3.8, 4) is 0 Å². The van der Waals surface area contributed by atoms with E-state index in [0.717, 1.165) is 25.3 Å². The second kappa shape index (κ2) is 9.34. The van der Waals surface area contributed by atoms with Crippen LogP contribution in [0.1, 0.15) is 24.5 Å². The van der Waals surface area contributed by atoms with Gasteiger partial charge in [-0.1, -0.05) is 36.8 Å². The Balaban J connectivity index is 0.00000220. The molecule has 0 radical (unpaired) electrons. The molecule has 5 heteroatoms. The van der Waals surface area contributed by atoms with E-state index < -0.39 is 0 Å². The Labute approximate surface area is 138 Å². The number of carbonyl (C=O) groups is 1. The maximum Gasteiger partial charge on any atom is 0.230 e. The third-order valence-electron chi connectivity index (χ3n) is 3.72. The topological polar surface area (TPSA) is 41.1 Å². The number of carbonyl (C=O) groups excluding carboxylic acids is 1. The second-order valence-electron chi connectivity index (χ2n) is 5.63. The molecule has 0 aliphatic carbocycles. The predicted octanol–water partition coefficient (Wildman–Crippen LogP) is 2.76. The van der Waals surface area contributed by atoms with Gasteiger partial charge in [-0.15, -0.1) is 24.2 Å². The van der Waals surface area contributed by atoms with Crippen molar-refractivity contribution in [2.24, 2.45) is 5.92 Å². The van der Waals surface area contributed by atoms with Crippen molar-refractivity contribution < 1.29 is 4.79 Å². The van der Waals surface area contributed by atoms with Crippen LogP contribution in [-0.2, 0) is 10.5 Å². The van der Waals surface area contributed by atoms with E-state index in [0.29, 0.717) is 17.7 Å². The summed E-state index contributed by atoms with van der Waals surface area (Å²) in [4.78, 5) is 12.0. The Morgan fingerprint density at radius 3 is 3.00 bits per heavy atom. The molecule has 0 saturated carbocycles. The minimum absolute atomic E-state index is 0. The van der Waals surface area contributed by atoms with Gasteiger partial charge in [-0.3, -0.25) is 4.79 Å². The molecule has 1 saturated heterocycles. The first-order chi connectivity index (χ1) is 9.65. The normalized spacial score (nSPS) is 21.4. The fourth-order valence-electron chi connectivity index (χ4n) is 2.54. The number of thioether (sulfide) groups is 1. The van der Waals surface area contributed by atoms with Crippen molar-refractivity contribution in [1.29, 1.82) is 0 Å². The summed E-state index contributed by atoms with van der Waals surface area (Å²) >= 11 is 1.69. The molecule has 118 valence electrons. The van der Waals surface area contributed by atoms with E-state index >= 15 is 0 Å². The maximum absolute atomic E-state index is 12.0. The van der Waals surface area contributed by atoms with Crippen molar-refractivity contribution in [2.45, 2.75) is 32.1 Å². The second-order valence-corrected chi connectivity index (χ2v) is 6.61. The van der Waals surface area contributed by atoms with Crippen LogP contribution in [0, 0.1) is 12.8 Å². The lowest BCUT2D eigenvalue weighted by Gasteiger charge is -2.30. The number of aryl methyl sites for hydroxylation is 1. The number of rotatable bonds is 5. The number of hydrogen-bond donors (Lipinski definition) is 2. The van der Waals surface area contributed by atoms with E-state index in [1.807, 2.05) is 0 Å². The van der Waals surface area contributed by atoms with Crippen LogP contribution >= 0.6 is 24.2 Å². The fraction of sp³-hybridized carbons (Fsp3) is 0.562. The average molecular weight is 329 g/mol. The lowest BCUT2D eigenvalue weighted by Crippen LogP contribution is -2.48. The third kappa shape index (κ3) is 6.29. The SMILES string of the molecule is Cc1cccc(CSCC(=O)NC2CCNCC2C)c1.Cl. The van der Waals surface area contributed by atoms with Gasteiger partial charge >= 0.3 is 0 Å². The van der Waals surface area contributed by atoms with Crippen molar-refractivity contribution >= 4 is 30.1 Å². The van der Waals surface area contributed by atoms with Crippen LogP contribution in [0.4, 0.5) is 0 Å². The van der Waals surface area contributed by atoms with Crippen LogP contribution in [0.3, 0.4) is 0 Å². The molecular weight excluding hydrogens is 304 g/mol. The first-order valence-electron chi connectivity index (χ1n) is 7.28. The highest BCUT2D eigenvalue weighted by Crippen LogP contribution is 2.14. The quantitative estimate of drug-likeness (QED) is 0.873. The number of nitrogens with one attached hydrogen (secondary N) is 2. The highest BCUT2D eigenvalue weighted by atomic mass is 35.5. The van der Waals surface area contributed by atoms with E-state index in [1.165, 1.54) is 11.1 Å². The molecule has 1 aliphatic heterocycles. The highest BCUT2D eigenvalue weighted by Gasteiger charge is 2.22. The molecule has 21 heavy (non-hydrogen) atoms. The molecule has 1 fully saturated rings. The van der Waals surface area contributed by atoms with Gasteiger partial charge in [0.1, 0.15) is 0 Å². The summed E-state index contributed by atoms with van der Waals surface area (Å²) in [6, 6.07) is 8.80. The van der Waals surface area contributed by atoms with Crippen molar-refractivity contribution in [3.63, 3.8) is 0 Å². The number of benzene rings is 1. The van der Waals surface area contributed by atoms with E-state index in [4.69, 9.17) is 0 Å². The standard InChI is InChI=1S/C16H24N2OS.ClH/c1-12-4-3-5-14(8-12)10-20-11-16(19)18-15-6-7-17-9-13(15)2;/h3-5,8,13,15,17H,6-7,9-11H2,1-2H3,(H,18,19);1H. The van der Waals surface area contributed by atoms with Crippen LogP contribution in [0.5, 0.6) is 0 Å². The lowest BCUT2D eigenvalue weighted by atomic mass is 9.95. The molecule has 2 unspecified atom stereocenters. The molecule has 2 rings (SSSR count). The van der Waals surface area contributed by atoms with Gasteiger partial charge in [0.25, 0.3) is 0 Å². The lowest BCUT2D eigenvalue weighted by molar-refractivity contribution is -0.119. The average Bonchev–Trinajstić information content (AvgIpc) is 2.41. The predicted molar refractivity (Wildman–Crippen MR) is 93.2 cm³/mol. The van der Waals surface area contributed by atoms with E-state index in [-0.39, 0.29) is 18.3 Å². The summed E-state index contributed by atoms with van der Waals surface area (Å²) in [6.07, 6.45) is 1.04. The van der Waals surface area contributed by atoms with Gasteiger partial charge in [0, 0.05) is 11.8 Å². The largest absolute Gasteiger partial charge is 0.352 e. The molecule has 0 bridgehead atoms. The molecule has 1 heterocycles. The van der Waals surface area contributed by atoms with E-state index in [2.05, 4.69) is 48.7 Å². The molecule has 1 amide bonds. The minimum atomic E-state index is 0. The van der Waals surface area contributed by atoms with Gasteiger partial charge in [0.2, 0.25) is 5.91 Å². The molecule has 1 aromatic rings. The first kappa shape index (κ1) is 18.3. The zero-order valence-electron chi connectivity index (χ0n) is 12.7. The Kier molecular flexibility index (Phi) is 8.15. The summed E-state index contributed by atoms with van der Waals surface area (Å²) in [5.41, 5.74) is 2.56. The Hall–Kier alpha value is -0.710. The van der Waals surface area contributed by atoms with Crippen molar-refractivity contribution in [3.05, 3.63) is 35.4 Å². The van der Waals surface area contributed by atoms with Crippen LogP contribution in [0.2, 0.25) is 0 Å². The molecule has 0 spiro atoms. The summed E-state index contributed by atoms with van der Waals surface area (Å²) in [5, 5.41) is 6.52. The smallest absolute Gasteiger partial charge is 0.230 e. The summed E-state index contributed by atoms with van der Waals surface area (Å²) in [5.74, 6) is 2.14. The summed E-state index contributed by atoms with van der Waals surface area (Å²) in [7, 11) is 0. The number of piperidine rings is 1. The van der Waals surface area contributed by atoms with Gasteiger partial charge in [0.05, 0.1) is 5.75 Å². The number of halogens is 1. The third-order valence-corrected chi connectivity index (χ3v) is 4.72.